The standard InChI is InChI=1S/C15H12N4O4S2/c1-18-14(21)12-10(4-5-24-12)17-15(18)25-7-9-3-2-8(13(16)20)6-11(9)19(22)23/h2-6H,7H2,1H3,(H2,16,20). The summed E-state index contributed by atoms with van der Waals surface area (Å²) in [6.45, 7) is 0. The van der Waals surface area contributed by atoms with Crippen LogP contribution in [0.25, 0.3) is 10.2 Å². The third-order valence-corrected chi connectivity index (χ3v) is 5.54. The van der Waals surface area contributed by atoms with Gasteiger partial charge in [0.25, 0.3) is 11.2 Å². The maximum absolute atomic E-state index is 12.3. The van der Waals surface area contributed by atoms with E-state index in [1.807, 2.05) is 0 Å². The summed E-state index contributed by atoms with van der Waals surface area (Å²) >= 11 is 2.54. The topological polar surface area (TPSA) is 121 Å². The Bertz CT molecular complexity index is 1060. The van der Waals surface area contributed by atoms with Gasteiger partial charge in [0.15, 0.2) is 5.16 Å². The SMILES string of the molecule is Cn1c(SCc2ccc(C(N)=O)cc2[N+](=O)[O-])nc2ccsc2c1=O. The van der Waals surface area contributed by atoms with Gasteiger partial charge in [-0.05, 0) is 17.5 Å². The van der Waals surface area contributed by atoms with E-state index < -0.39 is 10.8 Å². The van der Waals surface area contributed by atoms with Crippen LogP contribution in [0.3, 0.4) is 0 Å². The summed E-state index contributed by atoms with van der Waals surface area (Å²) in [5.41, 5.74) is 5.92. The van der Waals surface area contributed by atoms with Gasteiger partial charge >= 0.3 is 0 Å². The zero-order valence-electron chi connectivity index (χ0n) is 13.0. The number of nitro benzene ring substituents is 1. The number of carbonyl (C=O) groups excluding carboxylic acids is 1. The molecule has 1 amide bonds. The molecule has 10 heteroatoms. The Balaban J connectivity index is 1.94. The lowest BCUT2D eigenvalue weighted by atomic mass is 10.1. The molecule has 0 saturated carbocycles. The van der Waals surface area contributed by atoms with Crippen LogP contribution in [0, 0.1) is 10.1 Å². The highest BCUT2D eigenvalue weighted by atomic mass is 32.2. The number of nitrogens with zero attached hydrogens (tertiary/aromatic N) is 3. The predicted molar refractivity (Wildman–Crippen MR) is 96.0 cm³/mol. The van der Waals surface area contributed by atoms with Gasteiger partial charge in [-0.2, -0.15) is 0 Å². The first-order chi connectivity index (χ1) is 11.9. The van der Waals surface area contributed by atoms with E-state index in [1.54, 1.807) is 18.5 Å². The molecular formula is C15H12N4O4S2. The van der Waals surface area contributed by atoms with Gasteiger partial charge in [-0.25, -0.2) is 4.98 Å². The van der Waals surface area contributed by atoms with Crippen molar-refractivity contribution in [3.8, 4) is 0 Å². The van der Waals surface area contributed by atoms with E-state index in [-0.39, 0.29) is 22.6 Å². The molecule has 8 nitrogen and oxygen atoms in total. The molecule has 2 N–H and O–H groups in total. The molecule has 0 aliphatic heterocycles. The number of hydrogen-bond donors (Lipinski definition) is 1. The smallest absolute Gasteiger partial charge is 0.274 e. The maximum atomic E-state index is 12.3. The molecule has 2 heterocycles. The number of carbonyl (C=O) groups is 1. The van der Waals surface area contributed by atoms with Crippen LogP contribution < -0.4 is 11.3 Å². The van der Waals surface area contributed by atoms with Gasteiger partial charge in [0.2, 0.25) is 5.91 Å². The van der Waals surface area contributed by atoms with Crippen LogP contribution in [0.5, 0.6) is 0 Å². The fourth-order valence-corrected chi connectivity index (χ4v) is 4.02. The molecule has 0 atom stereocenters. The minimum absolute atomic E-state index is 0.0747. The van der Waals surface area contributed by atoms with Crippen LogP contribution in [0.15, 0.2) is 39.6 Å². The molecule has 0 spiro atoms. The summed E-state index contributed by atoms with van der Waals surface area (Å²) in [5.74, 6) is -0.500. The molecule has 3 rings (SSSR count). The molecule has 0 aliphatic rings. The molecule has 1 aromatic carbocycles. The fraction of sp³-hybridized carbons (Fsp3) is 0.133. The van der Waals surface area contributed by atoms with Gasteiger partial charge in [-0.1, -0.05) is 17.8 Å². The van der Waals surface area contributed by atoms with E-state index in [2.05, 4.69) is 4.98 Å². The highest BCUT2D eigenvalue weighted by Gasteiger charge is 2.18. The third-order valence-electron chi connectivity index (χ3n) is 3.57. The van der Waals surface area contributed by atoms with Gasteiger partial charge in [-0.3, -0.25) is 24.3 Å². The number of nitro groups is 1. The molecule has 2 aromatic heterocycles. The summed E-state index contributed by atoms with van der Waals surface area (Å²) in [4.78, 5) is 38.6. The van der Waals surface area contributed by atoms with Gasteiger partial charge in [-0.15, -0.1) is 11.3 Å². The normalized spacial score (nSPS) is 10.9. The number of thioether (sulfide) groups is 1. The molecule has 0 unspecified atom stereocenters. The molecular weight excluding hydrogens is 364 g/mol. The van der Waals surface area contributed by atoms with Crippen molar-refractivity contribution in [2.75, 3.05) is 0 Å². The largest absolute Gasteiger partial charge is 0.366 e. The molecule has 0 saturated heterocycles. The third kappa shape index (κ3) is 3.26. The summed E-state index contributed by atoms with van der Waals surface area (Å²) < 4.78 is 2.00. The van der Waals surface area contributed by atoms with Crippen molar-refractivity contribution >= 4 is 44.9 Å². The van der Waals surface area contributed by atoms with Crippen LogP contribution >= 0.6 is 23.1 Å². The number of nitrogens with two attached hydrogens (primary N) is 1. The molecule has 128 valence electrons. The average Bonchev–Trinajstić information content (AvgIpc) is 3.05. The van der Waals surface area contributed by atoms with Gasteiger partial charge in [0, 0.05) is 30.0 Å². The van der Waals surface area contributed by atoms with Crippen molar-refractivity contribution in [2.24, 2.45) is 12.8 Å². The second-order valence-corrected chi connectivity index (χ2v) is 7.01. The highest BCUT2D eigenvalue weighted by molar-refractivity contribution is 7.98. The van der Waals surface area contributed by atoms with Gasteiger partial charge in [0.05, 0.1) is 10.4 Å². The Morgan fingerprint density at radius 1 is 1.44 bits per heavy atom. The Morgan fingerprint density at radius 3 is 2.88 bits per heavy atom. The summed E-state index contributed by atoms with van der Waals surface area (Å²) in [5, 5.41) is 13.5. The second-order valence-electron chi connectivity index (χ2n) is 5.15. The first-order valence-corrected chi connectivity index (χ1v) is 8.89. The quantitative estimate of drug-likeness (QED) is 0.316. The van der Waals surface area contributed by atoms with E-state index in [0.29, 0.717) is 20.9 Å². The van der Waals surface area contributed by atoms with E-state index in [4.69, 9.17) is 5.73 Å². The van der Waals surface area contributed by atoms with Crippen molar-refractivity contribution in [1.29, 1.82) is 0 Å². The lowest BCUT2D eigenvalue weighted by molar-refractivity contribution is -0.385. The van der Waals surface area contributed by atoms with Crippen LogP contribution in [-0.4, -0.2) is 20.4 Å². The van der Waals surface area contributed by atoms with E-state index in [1.165, 1.54) is 39.8 Å². The van der Waals surface area contributed by atoms with Crippen molar-refractivity contribution in [3.05, 3.63) is 61.2 Å². The van der Waals surface area contributed by atoms with Crippen molar-refractivity contribution in [3.63, 3.8) is 0 Å². The predicted octanol–water partition coefficient (Wildman–Crippen LogP) is 2.29. The maximum Gasteiger partial charge on any atom is 0.274 e. The zero-order chi connectivity index (χ0) is 18.1. The van der Waals surface area contributed by atoms with E-state index >= 15 is 0 Å². The fourth-order valence-electron chi connectivity index (χ4n) is 2.25. The average molecular weight is 376 g/mol. The Morgan fingerprint density at radius 2 is 2.20 bits per heavy atom. The first kappa shape index (κ1) is 17.1. The number of hydrogen-bond acceptors (Lipinski definition) is 7. The summed E-state index contributed by atoms with van der Waals surface area (Å²) in [7, 11) is 1.61. The minimum Gasteiger partial charge on any atom is -0.366 e. The van der Waals surface area contributed by atoms with Crippen LogP contribution in [0.2, 0.25) is 0 Å². The van der Waals surface area contributed by atoms with Gasteiger partial charge in [0.1, 0.15) is 4.70 Å². The summed E-state index contributed by atoms with van der Waals surface area (Å²) in [6.07, 6.45) is 0. The summed E-state index contributed by atoms with van der Waals surface area (Å²) in [6, 6.07) is 5.86. The lowest BCUT2D eigenvalue weighted by Crippen LogP contribution is -2.18. The second kappa shape index (κ2) is 6.65. The Kier molecular flexibility index (Phi) is 4.55. The molecule has 0 radical (unpaired) electrons. The molecule has 25 heavy (non-hydrogen) atoms. The van der Waals surface area contributed by atoms with Crippen molar-refractivity contribution in [2.45, 2.75) is 10.9 Å². The number of rotatable bonds is 5. The molecule has 3 aromatic rings. The zero-order valence-corrected chi connectivity index (χ0v) is 14.6. The van der Waals surface area contributed by atoms with Gasteiger partial charge < -0.3 is 5.73 Å². The van der Waals surface area contributed by atoms with E-state index in [9.17, 15) is 19.7 Å². The molecule has 0 aliphatic carbocycles. The number of benzene rings is 1. The first-order valence-electron chi connectivity index (χ1n) is 7.02. The van der Waals surface area contributed by atoms with Crippen LogP contribution in [-0.2, 0) is 12.8 Å². The lowest BCUT2D eigenvalue weighted by Gasteiger charge is -2.08. The number of primary amides is 1. The van der Waals surface area contributed by atoms with E-state index in [0.717, 1.165) is 6.07 Å². The monoisotopic (exact) mass is 376 g/mol. The number of fused-ring (bicyclic) bond motifs is 1. The molecule has 0 bridgehead atoms. The Hall–Kier alpha value is -2.72. The number of thiophene rings is 1. The number of amides is 1. The van der Waals surface area contributed by atoms with Crippen LogP contribution in [0.4, 0.5) is 5.69 Å². The highest BCUT2D eigenvalue weighted by Crippen LogP contribution is 2.28. The molecule has 0 fully saturated rings. The Labute approximate surface area is 149 Å². The van der Waals surface area contributed by atoms with Crippen molar-refractivity contribution in [1.82, 2.24) is 9.55 Å². The van der Waals surface area contributed by atoms with Crippen molar-refractivity contribution < 1.29 is 9.72 Å². The van der Waals surface area contributed by atoms with Crippen LogP contribution in [0.1, 0.15) is 15.9 Å². The minimum atomic E-state index is -0.728. The number of aromatic nitrogens is 2.